The van der Waals surface area contributed by atoms with E-state index >= 15 is 0 Å². The monoisotopic (exact) mass is 327 g/mol. The summed E-state index contributed by atoms with van der Waals surface area (Å²) in [7, 11) is 2.00. The van der Waals surface area contributed by atoms with Crippen molar-refractivity contribution in [1.29, 1.82) is 0 Å². The molecule has 98 valence electrons. The van der Waals surface area contributed by atoms with Crippen LogP contribution in [0.15, 0.2) is 22.1 Å². The Hall–Kier alpha value is -0.650. The van der Waals surface area contributed by atoms with Crippen LogP contribution in [0.4, 0.5) is 0 Å². The van der Waals surface area contributed by atoms with Gasteiger partial charge in [-0.3, -0.25) is 4.68 Å². The number of aromatic nitrogens is 2. The van der Waals surface area contributed by atoms with E-state index in [9.17, 15) is 0 Å². The number of rotatable bonds is 5. The number of aryl methyl sites for hydroxylation is 2. The molecule has 18 heavy (non-hydrogen) atoms. The highest BCUT2D eigenvalue weighted by atomic mass is 79.9. The zero-order chi connectivity index (χ0) is 13.1. The average Bonchev–Trinajstić information content (AvgIpc) is 2.90. The van der Waals surface area contributed by atoms with Crippen LogP contribution in [0, 0.1) is 6.92 Å². The summed E-state index contributed by atoms with van der Waals surface area (Å²) in [5.74, 6) is 0. The molecule has 0 aromatic carbocycles. The second-order valence-corrected chi connectivity index (χ2v) is 6.16. The molecule has 0 aliphatic rings. The van der Waals surface area contributed by atoms with Gasteiger partial charge in [0, 0.05) is 16.4 Å². The Morgan fingerprint density at radius 1 is 1.56 bits per heavy atom. The highest BCUT2D eigenvalue weighted by molar-refractivity contribution is 9.10. The van der Waals surface area contributed by atoms with E-state index < -0.39 is 0 Å². The third kappa shape index (κ3) is 2.68. The van der Waals surface area contributed by atoms with Gasteiger partial charge in [-0.05, 0) is 52.8 Å². The third-order valence-corrected chi connectivity index (χ3v) is 4.89. The van der Waals surface area contributed by atoms with Crippen molar-refractivity contribution in [2.24, 2.45) is 7.05 Å². The minimum atomic E-state index is 0.215. The third-order valence-electron chi connectivity index (χ3n) is 2.96. The van der Waals surface area contributed by atoms with E-state index in [4.69, 9.17) is 0 Å². The van der Waals surface area contributed by atoms with E-state index in [0.717, 1.165) is 13.0 Å². The average molecular weight is 328 g/mol. The Labute approximate surface area is 120 Å². The summed E-state index contributed by atoms with van der Waals surface area (Å²) in [6.45, 7) is 5.30. The number of hydrogen-bond donors (Lipinski definition) is 1. The van der Waals surface area contributed by atoms with Gasteiger partial charge in [0.1, 0.15) is 0 Å². The molecule has 0 amide bonds. The molecule has 0 aliphatic heterocycles. The maximum atomic E-state index is 4.35. The van der Waals surface area contributed by atoms with Gasteiger partial charge >= 0.3 is 0 Å². The van der Waals surface area contributed by atoms with Gasteiger partial charge in [0.25, 0.3) is 0 Å². The quantitative estimate of drug-likeness (QED) is 0.908. The summed E-state index contributed by atoms with van der Waals surface area (Å²) in [5, 5.41) is 10.1. The van der Waals surface area contributed by atoms with Gasteiger partial charge in [0.2, 0.25) is 0 Å². The first-order valence-electron chi connectivity index (χ1n) is 6.10. The SMILES string of the molecule is CCCNC(c1sccc1Br)c1c(C)cnn1C. The second-order valence-electron chi connectivity index (χ2n) is 4.36. The van der Waals surface area contributed by atoms with Crippen molar-refractivity contribution in [2.45, 2.75) is 26.3 Å². The first-order chi connectivity index (χ1) is 8.65. The molecule has 2 aromatic heterocycles. The van der Waals surface area contributed by atoms with Crippen LogP contribution in [0.5, 0.6) is 0 Å². The molecule has 1 N–H and O–H groups in total. The predicted molar refractivity (Wildman–Crippen MR) is 80.1 cm³/mol. The fourth-order valence-corrected chi connectivity index (χ4v) is 3.76. The molecule has 2 aromatic rings. The fraction of sp³-hybridized carbons (Fsp3) is 0.462. The topological polar surface area (TPSA) is 29.9 Å². The Bertz CT molecular complexity index is 499. The molecule has 0 saturated carbocycles. The Morgan fingerprint density at radius 2 is 2.33 bits per heavy atom. The Morgan fingerprint density at radius 3 is 2.83 bits per heavy atom. The predicted octanol–water partition coefficient (Wildman–Crippen LogP) is 3.64. The van der Waals surface area contributed by atoms with Gasteiger partial charge in [-0.15, -0.1) is 11.3 Å². The van der Waals surface area contributed by atoms with Crippen LogP contribution in [-0.2, 0) is 7.05 Å². The molecule has 2 rings (SSSR count). The molecule has 1 unspecified atom stereocenters. The van der Waals surface area contributed by atoms with Crippen molar-refractivity contribution in [1.82, 2.24) is 15.1 Å². The van der Waals surface area contributed by atoms with E-state index in [1.165, 1.54) is 20.6 Å². The smallest absolute Gasteiger partial charge is 0.0855 e. The van der Waals surface area contributed by atoms with Crippen LogP contribution in [0.3, 0.4) is 0 Å². The molecule has 0 bridgehead atoms. The molecule has 0 radical (unpaired) electrons. The lowest BCUT2D eigenvalue weighted by Gasteiger charge is -2.19. The van der Waals surface area contributed by atoms with Crippen LogP contribution < -0.4 is 5.32 Å². The molecule has 1 atom stereocenters. The van der Waals surface area contributed by atoms with Crippen molar-refractivity contribution in [3.8, 4) is 0 Å². The lowest BCUT2D eigenvalue weighted by molar-refractivity contribution is 0.556. The maximum absolute atomic E-state index is 4.35. The van der Waals surface area contributed by atoms with Crippen LogP contribution in [0.2, 0.25) is 0 Å². The summed E-state index contributed by atoms with van der Waals surface area (Å²) in [6.07, 6.45) is 3.05. The van der Waals surface area contributed by atoms with E-state index in [1.54, 1.807) is 11.3 Å². The minimum Gasteiger partial charge on any atom is -0.304 e. The lowest BCUT2D eigenvalue weighted by atomic mass is 10.1. The summed E-state index contributed by atoms with van der Waals surface area (Å²) in [5.41, 5.74) is 2.47. The zero-order valence-corrected chi connectivity index (χ0v) is 13.3. The van der Waals surface area contributed by atoms with Crippen LogP contribution >= 0.6 is 27.3 Å². The molecule has 2 heterocycles. The van der Waals surface area contributed by atoms with Crippen LogP contribution in [-0.4, -0.2) is 16.3 Å². The van der Waals surface area contributed by atoms with E-state index in [-0.39, 0.29) is 6.04 Å². The number of thiophene rings is 1. The normalized spacial score (nSPS) is 12.9. The second kappa shape index (κ2) is 5.99. The molecular weight excluding hydrogens is 310 g/mol. The first-order valence-corrected chi connectivity index (χ1v) is 7.77. The number of halogens is 1. The Balaban J connectivity index is 2.40. The van der Waals surface area contributed by atoms with E-state index in [2.05, 4.69) is 51.6 Å². The van der Waals surface area contributed by atoms with Gasteiger partial charge in [-0.2, -0.15) is 5.10 Å². The molecule has 0 spiro atoms. The van der Waals surface area contributed by atoms with Gasteiger partial charge < -0.3 is 5.32 Å². The van der Waals surface area contributed by atoms with Gasteiger partial charge in [-0.25, -0.2) is 0 Å². The van der Waals surface area contributed by atoms with Crippen molar-refractivity contribution in [2.75, 3.05) is 6.54 Å². The van der Waals surface area contributed by atoms with Crippen LogP contribution in [0.1, 0.15) is 35.5 Å². The van der Waals surface area contributed by atoms with Crippen molar-refractivity contribution < 1.29 is 0 Å². The minimum absolute atomic E-state index is 0.215. The first kappa shape index (κ1) is 13.8. The number of nitrogens with zero attached hydrogens (tertiary/aromatic N) is 2. The zero-order valence-electron chi connectivity index (χ0n) is 10.9. The molecule has 5 heteroatoms. The van der Waals surface area contributed by atoms with Gasteiger partial charge in [-0.1, -0.05) is 6.92 Å². The van der Waals surface area contributed by atoms with Gasteiger partial charge in [0.05, 0.1) is 17.9 Å². The number of hydrogen-bond acceptors (Lipinski definition) is 3. The Kier molecular flexibility index (Phi) is 4.59. The summed E-state index contributed by atoms with van der Waals surface area (Å²) in [6, 6.07) is 2.32. The highest BCUT2D eigenvalue weighted by Crippen LogP contribution is 2.34. The molecule has 3 nitrogen and oxygen atoms in total. The summed E-state index contributed by atoms with van der Waals surface area (Å²) in [4.78, 5) is 1.31. The van der Waals surface area contributed by atoms with Crippen LogP contribution in [0.25, 0.3) is 0 Å². The standard InChI is InChI=1S/C13H18BrN3S/c1-4-6-15-11(13-10(14)5-7-18-13)12-9(2)8-16-17(12)3/h5,7-8,11,15H,4,6H2,1-3H3. The van der Waals surface area contributed by atoms with Crippen molar-refractivity contribution in [3.63, 3.8) is 0 Å². The lowest BCUT2D eigenvalue weighted by Crippen LogP contribution is -2.25. The molecule has 0 fully saturated rings. The molecule has 0 aliphatic carbocycles. The summed E-state index contributed by atoms with van der Waals surface area (Å²) < 4.78 is 3.14. The molecular formula is C13H18BrN3S. The van der Waals surface area contributed by atoms with E-state index in [0.29, 0.717) is 0 Å². The van der Waals surface area contributed by atoms with E-state index in [1.807, 2.05) is 17.9 Å². The highest BCUT2D eigenvalue weighted by Gasteiger charge is 2.22. The van der Waals surface area contributed by atoms with Crippen molar-refractivity contribution in [3.05, 3.63) is 38.3 Å². The molecule has 0 saturated heterocycles. The van der Waals surface area contributed by atoms with Crippen molar-refractivity contribution >= 4 is 27.3 Å². The fourth-order valence-electron chi connectivity index (χ4n) is 2.08. The number of nitrogens with one attached hydrogen (secondary N) is 1. The maximum Gasteiger partial charge on any atom is 0.0855 e. The van der Waals surface area contributed by atoms with Gasteiger partial charge in [0.15, 0.2) is 0 Å². The largest absolute Gasteiger partial charge is 0.304 e. The summed E-state index contributed by atoms with van der Waals surface area (Å²) >= 11 is 5.41.